The van der Waals surface area contributed by atoms with Crippen LogP contribution in [0.1, 0.15) is 11.7 Å². The summed E-state index contributed by atoms with van der Waals surface area (Å²) < 4.78 is 40.9. The summed E-state index contributed by atoms with van der Waals surface area (Å²) in [6.45, 7) is 0. The van der Waals surface area contributed by atoms with Crippen molar-refractivity contribution in [2.45, 2.75) is 17.4 Å². The third-order valence-electron chi connectivity index (χ3n) is 2.65. The average molecular weight is 314 g/mol. The molecule has 0 spiro atoms. The second-order valence-electron chi connectivity index (χ2n) is 4.23. The molecule has 0 aliphatic rings. The van der Waals surface area contributed by atoms with Crippen LogP contribution in [0.15, 0.2) is 59.5 Å². The molecule has 0 aliphatic carbocycles. The number of rotatable bonds is 5. The van der Waals surface area contributed by atoms with Gasteiger partial charge in [-0.3, -0.25) is 0 Å². The average Bonchev–Trinajstić information content (AvgIpc) is 2.45. The summed E-state index contributed by atoms with van der Waals surface area (Å²) in [5.74, 6) is -0.131. The lowest BCUT2D eigenvalue weighted by atomic mass is 10.1. The molecular formula is C15H13F3O2S. The minimum absolute atomic E-state index is 0.123. The number of hydrogen-bond donors (Lipinski definition) is 1. The smallest absolute Gasteiger partial charge is 0.405 e. The lowest BCUT2D eigenvalue weighted by Gasteiger charge is -2.17. The largest absolute Gasteiger partial charge is 0.573 e. The highest BCUT2D eigenvalue weighted by molar-refractivity contribution is 7.99. The van der Waals surface area contributed by atoms with E-state index >= 15 is 0 Å². The second-order valence-corrected chi connectivity index (χ2v) is 5.32. The molecule has 1 N–H and O–H groups in total. The van der Waals surface area contributed by atoms with Crippen molar-refractivity contribution in [3.63, 3.8) is 0 Å². The molecule has 2 rings (SSSR count). The molecular weight excluding hydrogens is 301 g/mol. The molecule has 2 aromatic carbocycles. The fraction of sp³-hybridized carbons (Fsp3) is 0.200. The molecule has 0 heterocycles. The Kier molecular flexibility index (Phi) is 5.14. The molecule has 6 heteroatoms. The second kappa shape index (κ2) is 6.87. The van der Waals surface area contributed by atoms with Crippen molar-refractivity contribution >= 4 is 11.8 Å². The van der Waals surface area contributed by atoms with Gasteiger partial charge in [0, 0.05) is 16.2 Å². The Morgan fingerprint density at radius 1 is 1.00 bits per heavy atom. The first-order chi connectivity index (χ1) is 9.96. The molecule has 2 nitrogen and oxygen atoms in total. The van der Waals surface area contributed by atoms with E-state index in [0.717, 1.165) is 4.90 Å². The number of alkyl halides is 3. The minimum Gasteiger partial charge on any atom is -0.405 e. The van der Waals surface area contributed by atoms with Gasteiger partial charge in [-0.15, -0.1) is 24.9 Å². The zero-order chi connectivity index (χ0) is 15.3. The van der Waals surface area contributed by atoms with Crippen molar-refractivity contribution in [1.82, 2.24) is 0 Å². The Hall–Kier alpha value is -1.66. The Morgan fingerprint density at radius 3 is 2.29 bits per heavy atom. The van der Waals surface area contributed by atoms with Crippen molar-refractivity contribution in [3.05, 3.63) is 60.2 Å². The first kappa shape index (κ1) is 15.7. The lowest BCUT2D eigenvalue weighted by molar-refractivity contribution is -0.275. The van der Waals surface area contributed by atoms with Crippen LogP contribution in [0.3, 0.4) is 0 Å². The molecule has 0 saturated carbocycles. The van der Waals surface area contributed by atoms with Gasteiger partial charge in [0.2, 0.25) is 0 Å². The van der Waals surface area contributed by atoms with Gasteiger partial charge in [0.15, 0.2) is 0 Å². The third-order valence-corrected chi connectivity index (χ3v) is 3.74. The molecule has 0 amide bonds. The zero-order valence-corrected chi connectivity index (χ0v) is 11.7. The van der Waals surface area contributed by atoms with Crippen LogP contribution in [0.5, 0.6) is 5.75 Å². The number of aliphatic hydroxyl groups excluding tert-OH is 1. The molecule has 1 atom stereocenters. The zero-order valence-electron chi connectivity index (χ0n) is 10.9. The normalized spacial score (nSPS) is 13.0. The van der Waals surface area contributed by atoms with E-state index in [1.807, 2.05) is 30.3 Å². The number of ether oxygens (including phenoxy) is 1. The summed E-state index contributed by atoms with van der Waals surface area (Å²) in [5, 5.41) is 10.1. The molecule has 0 aliphatic heterocycles. The van der Waals surface area contributed by atoms with Crippen LogP contribution in [-0.4, -0.2) is 17.2 Å². The van der Waals surface area contributed by atoms with E-state index in [0.29, 0.717) is 0 Å². The number of halogens is 3. The summed E-state index contributed by atoms with van der Waals surface area (Å²) in [6, 6.07) is 14.9. The molecule has 2 aromatic rings. The number of thioether (sulfide) groups is 1. The van der Waals surface area contributed by atoms with E-state index < -0.39 is 12.5 Å². The van der Waals surface area contributed by atoms with Crippen LogP contribution < -0.4 is 4.74 Å². The lowest BCUT2D eigenvalue weighted by Crippen LogP contribution is -2.19. The topological polar surface area (TPSA) is 29.5 Å². The van der Waals surface area contributed by atoms with Crippen molar-refractivity contribution in [1.29, 1.82) is 0 Å². The highest BCUT2D eigenvalue weighted by Crippen LogP contribution is 2.33. The Morgan fingerprint density at radius 2 is 1.62 bits per heavy atom. The van der Waals surface area contributed by atoms with Crippen molar-refractivity contribution in [2.24, 2.45) is 0 Å². The maximum Gasteiger partial charge on any atom is 0.573 e. The van der Waals surface area contributed by atoms with Gasteiger partial charge in [-0.1, -0.05) is 36.4 Å². The Bertz CT molecular complexity index is 573. The molecule has 0 bridgehead atoms. The molecule has 0 fully saturated rings. The molecule has 0 aromatic heterocycles. The first-order valence-corrected chi connectivity index (χ1v) is 7.15. The number of aliphatic hydroxyl groups is 1. The van der Waals surface area contributed by atoms with Gasteiger partial charge in [-0.25, -0.2) is 0 Å². The van der Waals surface area contributed by atoms with E-state index in [9.17, 15) is 18.3 Å². The number of benzene rings is 2. The van der Waals surface area contributed by atoms with E-state index in [1.54, 1.807) is 6.07 Å². The monoisotopic (exact) mass is 314 g/mol. The van der Waals surface area contributed by atoms with Crippen LogP contribution in [0.4, 0.5) is 13.2 Å². The minimum atomic E-state index is -4.78. The summed E-state index contributed by atoms with van der Waals surface area (Å²) in [4.78, 5) is 0.936. The van der Waals surface area contributed by atoms with Gasteiger partial charge in [0.1, 0.15) is 5.75 Å². The van der Waals surface area contributed by atoms with Crippen molar-refractivity contribution < 1.29 is 23.0 Å². The maximum absolute atomic E-state index is 12.3. The van der Waals surface area contributed by atoms with Gasteiger partial charge in [0.25, 0.3) is 0 Å². The van der Waals surface area contributed by atoms with E-state index in [-0.39, 0.29) is 17.1 Å². The van der Waals surface area contributed by atoms with Crippen molar-refractivity contribution in [3.8, 4) is 5.75 Å². The van der Waals surface area contributed by atoms with Gasteiger partial charge in [-0.2, -0.15) is 0 Å². The van der Waals surface area contributed by atoms with Crippen molar-refractivity contribution in [2.75, 3.05) is 5.75 Å². The molecule has 112 valence electrons. The van der Waals surface area contributed by atoms with Gasteiger partial charge in [-0.05, 0) is 18.2 Å². The quantitative estimate of drug-likeness (QED) is 0.829. The first-order valence-electron chi connectivity index (χ1n) is 6.16. The predicted octanol–water partition coefficient (Wildman–Crippen LogP) is 4.41. The highest BCUT2D eigenvalue weighted by atomic mass is 32.2. The van der Waals surface area contributed by atoms with Gasteiger partial charge < -0.3 is 9.84 Å². The van der Waals surface area contributed by atoms with E-state index in [2.05, 4.69) is 4.74 Å². The molecule has 21 heavy (non-hydrogen) atoms. The van der Waals surface area contributed by atoms with Crippen LogP contribution in [0.2, 0.25) is 0 Å². The molecule has 1 unspecified atom stereocenters. The number of hydrogen-bond acceptors (Lipinski definition) is 3. The molecule has 0 radical (unpaired) electrons. The van der Waals surface area contributed by atoms with Crippen LogP contribution in [0.25, 0.3) is 0 Å². The Labute approximate surface area is 124 Å². The standard InChI is InChI=1S/C15H13F3O2S/c16-15(17,18)20-14-9-5-4-8-12(14)13(19)10-21-11-6-2-1-3-7-11/h1-9,13,19H,10H2. The maximum atomic E-state index is 12.3. The Balaban J connectivity index is 2.07. The third kappa shape index (κ3) is 4.99. The fourth-order valence-corrected chi connectivity index (χ4v) is 2.63. The number of para-hydroxylation sites is 1. The summed E-state index contributed by atoms with van der Waals surface area (Å²) in [6.07, 6.45) is -5.82. The molecule has 0 saturated heterocycles. The van der Waals surface area contributed by atoms with E-state index in [4.69, 9.17) is 0 Å². The SMILES string of the molecule is OC(CSc1ccccc1)c1ccccc1OC(F)(F)F. The predicted molar refractivity (Wildman–Crippen MR) is 75.3 cm³/mol. The summed E-state index contributed by atoms with van der Waals surface area (Å²) in [7, 11) is 0. The summed E-state index contributed by atoms with van der Waals surface area (Å²) in [5.41, 5.74) is 0.123. The van der Waals surface area contributed by atoms with Crippen LogP contribution in [0, 0.1) is 0 Å². The van der Waals surface area contributed by atoms with Gasteiger partial charge in [0.05, 0.1) is 6.10 Å². The summed E-state index contributed by atoms with van der Waals surface area (Å²) >= 11 is 1.36. The fourth-order valence-electron chi connectivity index (χ4n) is 1.76. The van der Waals surface area contributed by atoms with Gasteiger partial charge >= 0.3 is 6.36 Å². The van der Waals surface area contributed by atoms with Crippen LogP contribution >= 0.6 is 11.8 Å². The van der Waals surface area contributed by atoms with E-state index in [1.165, 1.54) is 30.0 Å². The van der Waals surface area contributed by atoms with Crippen LogP contribution in [-0.2, 0) is 0 Å². The highest BCUT2D eigenvalue weighted by Gasteiger charge is 2.32.